The molecule has 0 saturated heterocycles. The van der Waals surface area contributed by atoms with Gasteiger partial charge < -0.3 is 4.90 Å². The second kappa shape index (κ2) is 9.20. The van der Waals surface area contributed by atoms with Gasteiger partial charge in [0.1, 0.15) is 0 Å². The summed E-state index contributed by atoms with van der Waals surface area (Å²) >= 11 is 0. The lowest BCUT2D eigenvalue weighted by Crippen LogP contribution is -2.24. The molecular weight excluding hydrogens is 196 g/mol. The monoisotopic (exact) mass is 222 g/mol. The molecule has 0 aliphatic carbocycles. The van der Waals surface area contributed by atoms with Crippen molar-refractivity contribution in [1.29, 1.82) is 0 Å². The number of hydrogen-bond donors (Lipinski definition) is 0. The number of aliphatic imine (C=N–C) groups is 1. The molecule has 0 atom stereocenters. The van der Waals surface area contributed by atoms with E-state index >= 15 is 0 Å². The highest BCUT2D eigenvalue weighted by Gasteiger charge is 2.04. The lowest BCUT2D eigenvalue weighted by Gasteiger charge is -2.24. The Morgan fingerprint density at radius 1 is 1.19 bits per heavy atom. The Balaban J connectivity index is 4.76. The van der Waals surface area contributed by atoms with Crippen LogP contribution in [0.4, 0.5) is 0 Å². The topological polar surface area (TPSA) is 15.6 Å². The SMILES string of the molecule is C=C/C(=C\C(C)=NCC)N(CCC)CCC. The molecule has 2 heteroatoms. The van der Waals surface area contributed by atoms with Crippen LogP contribution in [0.15, 0.2) is 29.4 Å². The van der Waals surface area contributed by atoms with E-state index in [4.69, 9.17) is 0 Å². The third kappa shape index (κ3) is 5.74. The fraction of sp³-hybridized carbons (Fsp3) is 0.643. The fourth-order valence-electron chi connectivity index (χ4n) is 1.70. The molecule has 0 aliphatic rings. The third-order valence-corrected chi connectivity index (χ3v) is 2.33. The standard InChI is InChI=1S/C14H26N2/c1-6-10-16(11-7-2)14(8-3)12-13(5)15-9-4/h8,12H,3,6-7,9-11H2,1-2,4-5H3/b14-12+,15-13?. The Morgan fingerprint density at radius 3 is 2.12 bits per heavy atom. The van der Waals surface area contributed by atoms with Crippen molar-refractivity contribution >= 4 is 5.71 Å². The molecule has 0 rings (SSSR count). The Morgan fingerprint density at radius 2 is 1.75 bits per heavy atom. The summed E-state index contributed by atoms with van der Waals surface area (Å²) in [4.78, 5) is 6.76. The zero-order chi connectivity index (χ0) is 12.4. The number of allylic oxidation sites excluding steroid dienone is 2. The zero-order valence-corrected chi connectivity index (χ0v) is 11.3. The van der Waals surface area contributed by atoms with Gasteiger partial charge in [-0.05, 0) is 38.8 Å². The molecule has 2 nitrogen and oxygen atoms in total. The minimum Gasteiger partial charge on any atom is -0.372 e. The second-order valence-electron chi connectivity index (χ2n) is 3.88. The maximum Gasteiger partial charge on any atom is 0.0378 e. The van der Waals surface area contributed by atoms with Gasteiger partial charge in [-0.3, -0.25) is 4.99 Å². The van der Waals surface area contributed by atoms with E-state index in [1.807, 2.05) is 13.0 Å². The van der Waals surface area contributed by atoms with Gasteiger partial charge in [0.25, 0.3) is 0 Å². The van der Waals surface area contributed by atoms with Gasteiger partial charge in [0.2, 0.25) is 0 Å². The average molecular weight is 222 g/mol. The normalized spacial score (nSPS) is 12.8. The summed E-state index contributed by atoms with van der Waals surface area (Å²) in [7, 11) is 0. The van der Waals surface area contributed by atoms with Crippen molar-refractivity contribution in [2.24, 2.45) is 4.99 Å². The largest absolute Gasteiger partial charge is 0.372 e. The highest BCUT2D eigenvalue weighted by Crippen LogP contribution is 2.08. The molecule has 0 heterocycles. The van der Waals surface area contributed by atoms with E-state index in [0.29, 0.717) is 0 Å². The van der Waals surface area contributed by atoms with Crippen LogP contribution in [-0.2, 0) is 0 Å². The van der Waals surface area contributed by atoms with Gasteiger partial charge in [-0.25, -0.2) is 0 Å². The maximum absolute atomic E-state index is 4.38. The van der Waals surface area contributed by atoms with Crippen molar-refractivity contribution in [3.63, 3.8) is 0 Å². The van der Waals surface area contributed by atoms with Crippen LogP contribution in [0.3, 0.4) is 0 Å². The first kappa shape index (κ1) is 14.9. The van der Waals surface area contributed by atoms with Crippen LogP contribution in [-0.4, -0.2) is 30.2 Å². The van der Waals surface area contributed by atoms with Gasteiger partial charge in [-0.1, -0.05) is 20.4 Å². The summed E-state index contributed by atoms with van der Waals surface area (Å²) < 4.78 is 0. The molecule has 92 valence electrons. The van der Waals surface area contributed by atoms with Crippen molar-refractivity contribution in [2.75, 3.05) is 19.6 Å². The van der Waals surface area contributed by atoms with Crippen molar-refractivity contribution in [1.82, 2.24) is 4.90 Å². The summed E-state index contributed by atoms with van der Waals surface area (Å²) in [6.07, 6.45) is 6.38. The highest BCUT2D eigenvalue weighted by molar-refractivity contribution is 5.93. The lowest BCUT2D eigenvalue weighted by molar-refractivity contribution is 0.355. The molecule has 0 unspecified atom stereocenters. The molecule has 0 aromatic rings. The summed E-state index contributed by atoms with van der Waals surface area (Å²) in [6.45, 7) is 15.4. The third-order valence-electron chi connectivity index (χ3n) is 2.33. The van der Waals surface area contributed by atoms with Crippen LogP contribution in [0.2, 0.25) is 0 Å². The van der Waals surface area contributed by atoms with Crippen molar-refractivity contribution in [3.8, 4) is 0 Å². The first-order chi connectivity index (χ1) is 7.69. The Bertz CT molecular complexity index is 245. The van der Waals surface area contributed by atoms with Gasteiger partial charge in [-0.2, -0.15) is 0 Å². The van der Waals surface area contributed by atoms with E-state index in [9.17, 15) is 0 Å². The molecule has 0 aromatic heterocycles. The van der Waals surface area contributed by atoms with Gasteiger partial charge >= 0.3 is 0 Å². The Hall–Kier alpha value is -1.05. The molecule has 0 bridgehead atoms. The van der Waals surface area contributed by atoms with Crippen LogP contribution >= 0.6 is 0 Å². The number of hydrogen-bond acceptors (Lipinski definition) is 2. The first-order valence-electron chi connectivity index (χ1n) is 6.29. The summed E-state index contributed by atoms with van der Waals surface area (Å²) in [5.74, 6) is 0. The predicted octanol–water partition coefficient (Wildman–Crippen LogP) is 3.66. The van der Waals surface area contributed by atoms with Gasteiger partial charge in [0.05, 0.1) is 0 Å². The molecule has 0 saturated carbocycles. The summed E-state index contributed by atoms with van der Waals surface area (Å²) in [5.41, 5.74) is 2.27. The molecule has 0 N–H and O–H groups in total. The van der Waals surface area contributed by atoms with Gasteiger partial charge in [0, 0.05) is 31.0 Å². The second-order valence-corrected chi connectivity index (χ2v) is 3.88. The molecular formula is C14H26N2. The number of nitrogens with zero attached hydrogens (tertiary/aromatic N) is 2. The molecule has 0 spiro atoms. The molecule has 0 amide bonds. The molecule has 16 heavy (non-hydrogen) atoms. The van der Waals surface area contributed by atoms with Crippen LogP contribution < -0.4 is 0 Å². The van der Waals surface area contributed by atoms with E-state index in [1.165, 1.54) is 5.70 Å². The van der Waals surface area contributed by atoms with E-state index < -0.39 is 0 Å². The van der Waals surface area contributed by atoms with Crippen molar-refractivity contribution < 1.29 is 0 Å². The fourth-order valence-corrected chi connectivity index (χ4v) is 1.70. The van der Waals surface area contributed by atoms with Crippen LogP contribution in [0.25, 0.3) is 0 Å². The minimum absolute atomic E-state index is 0.842. The van der Waals surface area contributed by atoms with Crippen molar-refractivity contribution in [2.45, 2.75) is 40.5 Å². The predicted molar refractivity (Wildman–Crippen MR) is 74.1 cm³/mol. The Kier molecular flexibility index (Phi) is 8.59. The lowest BCUT2D eigenvalue weighted by atomic mass is 10.2. The van der Waals surface area contributed by atoms with Crippen LogP contribution in [0, 0.1) is 0 Å². The summed E-state index contributed by atoms with van der Waals surface area (Å²) in [6, 6.07) is 0. The summed E-state index contributed by atoms with van der Waals surface area (Å²) in [5, 5.41) is 0. The molecule has 0 aromatic carbocycles. The van der Waals surface area contributed by atoms with Crippen LogP contribution in [0.5, 0.6) is 0 Å². The number of rotatable bonds is 8. The highest BCUT2D eigenvalue weighted by atomic mass is 15.1. The van der Waals surface area contributed by atoms with Gasteiger partial charge in [0.15, 0.2) is 0 Å². The van der Waals surface area contributed by atoms with Gasteiger partial charge in [-0.15, -0.1) is 0 Å². The molecule has 0 fully saturated rings. The van der Waals surface area contributed by atoms with E-state index in [-0.39, 0.29) is 0 Å². The van der Waals surface area contributed by atoms with E-state index in [0.717, 1.165) is 38.2 Å². The quantitative estimate of drug-likeness (QED) is 0.452. The van der Waals surface area contributed by atoms with E-state index in [1.54, 1.807) is 0 Å². The smallest absolute Gasteiger partial charge is 0.0378 e. The maximum atomic E-state index is 4.38. The molecule has 0 radical (unpaired) electrons. The average Bonchev–Trinajstić information content (AvgIpc) is 2.26. The van der Waals surface area contributed by atoms with Crippen molar-refractivity contribution in [3.05, 3.63) is 24.4 Å². The first-order valence-corrected chi connectivity index (χ1v) is 6.29. The zero-order valence-electron chi connectivity index (χ0n) is 11.3. The Labute approximate surface area is 101 Å². The minimum atomic E-state index is 0.842. The molecule has 0 aliphatic heterocycles. The van der Waals surface area contributed by atoms with E-state index in [2.05, 4.69) is 43.3 Å². The van der Waals surface area contributed by atoms with Crippen LogP contribution in [0.1, 0.15) is 40.5 Å².